The van der Waals surface area contributed by atoms with Crippen molar-refractivity contribution < 1.29 is 14.3 Å². The van der Waals surface area contributed by atoms with Gasteiger partial charge < -0.3 is 21.1 Å². The van der Waals surface area contributed by atoms with Crippen LogP contribution in [0.4, 0.5) is 11.6 Å². The van der Waals surface area contributed by atoms with Crippen molar-refractivity contribution in [1.29, 1.82) is 0 Å². The fourth-order valence-electron chi connectivity index (χ4n) is 3.68. The van der Waals surface area contributed by atoms with Gasteiger partial charge in [-0.15, -0.1) is 0 Å². The number of nitrogen functional groups attached to an aromatic ring is 1. The number of methoxy groups -OCH3 is 1. The number of nitrogens with two attached hydrogens (primary N) is 1. The van der Waals surface area contributed by atoms with Crippen molar-refractivity contribution >= 4 is 29.0 Å². The summed E-state index contributed by atoms with van der Waals surface area (Å²) >= 11 is 0. The Morgan fingerprint density at radius 2 is 1.94 bits per heavy atom. The zero-order chi connectivity index (χ0) is 25.7. The highest BCUT2D eigenvalue weighted by Gasteiger charge is 2.21. The van der Waals surface area contributed by atoms with Crippen LogP contribution in [0.2, 0.25) is 0 Å². The highest BCUT2D eigenvalue weighted by atomic mass is 16.5. The van der Waals surface area contributed by atoms with E-state index in [2.05, 4.69) is 20.6 Å². The van der Waals surface area contributed by atoms with E-state index in [4.69, 9.17) is 15.5 Å². The smallest absolute Gasteiger partial charge is 0.256 e. The second-order valence-corrected chi connectivity index (χ2v) is 8.19. The summed E-state index contributed by atoms with van der Waals surface area (Å²) in [5, 5.41) is 5.68. The predicted octanol–water partition coefficient (Wildman–Crippen LogP) is 3.31. The lowest BCUT2D eigenvalue weighted by Crippen LogP contribution is -2.26. The molecule has 0 aliphatic heterocycles. The number of aromatic nitrogens is 4. The van der Waals surface area contributed by atoms with Crippen LogP contribution in [0.5, 0.6) is 0 Å². The minimum absolute atomic E-state index is 0.265. The molecule has 0 spiro atoms. The van der Waals surface area contributed by atoms with Gasteiger partial charge in [-0.2, -0.15) is 0 Å². The highest BCUT2D eigenvalue weighted by molar-refractivity contribution is 6.04. The van der Waals surface area contributed by atoms with Gasteiger partial charge in [-0.25, -0.2) is 15.0 Å². The zero-order valence-corrected chi connectivity index (χ0v) is 20.2. The molecule has 0 aliphatic rings. The number of benzene rings is 1. The summed E-state index contributed by atoms with van der Waals surface area (Å²) < 4.78 is 6.74. The van der Waals surface area contributed by atoms with Gasteiger partial charge in [0.15, 0.2) is 0 Å². The Hall–Kier alpha value is -4.57. The van der Waals surface area contributed by atoms with E-state index in [1.54, 1.807) is 62.1 Å². The van der Waals surface area contributed by atoms with E-state index in [1.165, 1.54) is 6.08 Å². The van der Waals surface area contributed by atoms with Gasteiger partial charge in [0.05, 0.1) is 12.6 Å². The summed E-state index contributed by atoms with van der Waals surface area (Å²) in [7, 11) is 1.56. The molecule has 0 fully saturated rings. The van der Waals surface area contributed by atoms with Crippen LogP contribution in [-0.4, -0.2) is 44.9 Å². The summed E-state index contributed by atoms with van der Waals surface area (Å²) in [5.74, 6) is 0.837. The van der Waals surface area contributed by atoms with Gasteiger partial charge in [0.1, 0.15) is 28.7 Å². The van der Waals surface area contributed by atoms with Crippen LogP contribution in [0, 0.1) is 6.92 Å². The molecule has 184 valence electrons. The molecule has 3 heterocycles. The number of amides is 2. The zero-order valence-electron chi connectivity index (χ0n) is 20.2. The first kappa shape index (κ1) is 24.6. The molecule has 4 aromatic rings. The monoisotopic (exact) mass is 485 g/mol. The molecule has 0 saturated carbocycles. The van der Waals surface area contributed by atoms with E-state index in [1.807, 2.05) is 24.3 Å². The molecule has 0 aliphatic carbocycles. The number of hydrogen-bond acceptors (Lipinski definition) is 7. The molecular formula is C26H27N7O3. The van der Waals surface area contributed by atoms with Crippen LogP contribution in [0.3, 0.4) is 0 Å². The number of aryl methyl sites for hydroxylation is 1. The quantitative estimate of drug-likeness (QED) is 0.326. The summed E-state index contributed by atoms with van der Waals surface area (Å²) in [6.07, 6.45) is 8.07. The van der Waals surface area contributed by atoms with Crippen molar-refractivity contribution in [1.82, 2.24) is 24.7 Å². The molecule has 10 nitrogen and oxygen atoms in total. The number of rotatable bonds is 8. The molecule has 3 aromatic heterocycles. The highest BCUT2D eigenvalue weighted by Crippen LogP contribution is 2.30. The minimum Gasteiger partial charge on any atom is -0.382 e. The summed E-state index contributed by atoms with van der Waals surface area (Å²) in [6.45, 7) is 4.11. The third-order valence-electron chi connectivity index (χ3n) is 5.46. The van der Waals surface area contributed by atoms with Crippen molar-refractivity contribution in [2.45, 2.75) is 19.9 Å². The van der Waals surface area contributed by atoms with Gasteiger partial charge >= 0.3 is 0 Å². The maximum atomic E-state index is 12.6. The van der Waals surface area contributed by atoms with Crippen molar-refractivity contribution in [3.8, 4) is 11.3 Å². The number of nitrogens with zero attached hydrogens (tertiary/aromatic N) is 4. The van der Waals surface area contributed by atoms with E-state index in [0.717, 1.165) is 11.1 Å². The van der Waals surface area contributed by atoms with Crippen LogP contribution in [0.1, 0.15) is 34.7 Å². The molecule has 0 unspecified atom stereocenters. The number of fused-ring (bicyclic) bond motifs is 1. The van der Waals surface area contributed by atoms with E-state index < -0.39 is 6.04 Å². The number of carbonyl (C=O) groups excluding carboxylic acids is 2. The molecule has 4 rings (SSSR count). The summed E-state index contributed by atoms with van der Waals surface area (Å²) in [4.78, 5) is 38.1. The molecule has 1 aromatic carbocycles. The molecule has 0 bridgehead atoms. The largest absolute Gasteiger partial charge is 0.382 e. The minimum atomic E-state index is -0.417. The Morgan fingerprint density at radius 1 is 1.17 bits per heavy atom. The Balaban J connectivity index is 1.60. The van der Waals surface area contributed by atoms with Crippen LogP contribution in [0.25, 0.3) is 16.8 Å². The molecule has 0 radical (unpaired) electrons. The van der Waals surface area contributed by atoms with Gasteiger partial charge in [0, 0.05) is 42.9 Å². The average Bonchev–Trinajstić information content (AvgIpc) is 3.27. The van der Waals surface area contributed by atoms with Gasteiger partial charge in [-0.05, 0) is 37.6 Å². The second-order valence-electron chi connectivity index (χ2n) is 8.19. The number of nitrogens with one attached hydrogen (secondary N) is 2. The number of ether oxygens (including phenoxy) is 1. The lowest BCUT2D eigenvalue weighted by molar-refractivity contribution is -0.117. The van der Waals surface area contributed by atoms with E-state index in [-0.39, 0.29) is 11.8 Å². The molecule has 1 atom stereocenters. The predicted molar refractivity (Wildman–Crippen MR) is 137 cm³/mol. The number of anilines is 2. The van der Waals surface area contributed by atoms with Crippen LogP contribution < -0.4 is 16.4 Å². The standard InChI is InChI=1S/C26H27N7O3/c1-16-6-11-20(29-15-16)31-26(35)19-9-7-18(8-10-19)22-23-24(27)28-12-13-33(23)25(32-22)17(2)30-21(34)5-4-14-36-3/h4-13,15,17H,14H2,1-3H3,(H2,27,28)(H,30,34)(H,29,31,35)/b5-4+/t17-/m0/s1. The van der Waals surface area contributed by atoms with E-state index >= 15 is 0 Å². The fraction of sp³-hybridized carbons (Fsp3) is 0.192. The van der Waals surface area contributed by atoms with E-state index in [9.17, 15) is 9.59 Å². The van der Waals surface area contributed by atoms with Gasteiger partial charge in [-0.1, -0.05) is 24.3 Å². The maximum absolute atomic E-state index is 12.6. The Bertz CT molecular complexity index is 1410. The first-order chi connectivity index (χ1) is 17.4. The van der Waals surface area contributed by atoms with Crippen molar-refractivity contribution in [3.63, 3.8) is 0 Å². The fourth-order valence-corrected chi connectivity index (χ4v) is 3.68. The van der Waals surface area contributed by atoms with Gasteiger partial charge in [-0.3, -0.25) is 14.0 Å². The van der Waals surface area contributed by atoms with Crippen molar-refractivity contribution in [2.24, 2.45) is 0 Å². The maximum Gasteiger partial charge on any atom is 0.256 e. The average molecular weight is 486 g/mol. The molecule has 2 amide bonds. The number of hydrogen-bond donors (Lipinski definition) is 3. The molecule has 10 heteroatoms. The third kappa shape index (κ3) is 5.39. The van der Waals surface area contributed by atoms with Crippen molar-refractivity contribution in [2.75, 3.05) is 24.8 Å². The summed E-state index contributed by atoms with van der Waals surface area (Å²) in [6, 6.07) is 10.2. The van der Waals surface area contributed by atoms with Gasteiger partial charge in [0.25, 0.3) is 5.91 Å². The molecule has 0 saturated heterocycles. The van der Waals surface area contributed by atoms with Gasteiger partial charge in [0.2, 0.25) is 5.91 Å². The molecular weight excluding hydrogens is 458 g/mol. The normalized spacial score (nSPS) is 12.1. The Morgan fingerprint density at radius 3 is 2.64 bits per heavy atom. The topological polar surface area (TPSA) is 137 Å². The lowest BCUT2D eigenvalue weighted by Gasteiger charge is -2.11. The number of carbonyl (C=O) groups is 2. The number of imidazole rings is 1. The Labute approximate surface area is 208 Å². The first-order valence-corrected chi connectivity index (χ1v) is 11.3. The van der Waals surface area contributed by atoms with Crippen LogP contribution in [-0.2, 0) is 9.53 Å². The lowest BCUT2D eigenvalue weighted by atomic mass is 10.1. The van der Waals surface area contributed by atoms with Crippen LogP contribution >= 0.6 is 0 Å². The molecule has 4 N–H and O–H groups in total. The summed E-state index contributed by atoms with van der Waals surface area (Å²) in [5.41, 5.74) is 9.65. The molecule has 36 heavy (non-hydrogen) atoms. The number of pyridine rings is 1. The first-order valence-electron chi connectivity index (χ1n) is 11.3. The Kier molecular flexibility index (Phi) is 7.36. The van der Waals surface area contributed by atoms with E-state index in [0.29, 0.717) is 40.8 Å². The second kappa shape index (κ2) is 10.8. The van der Waals surface area contributed by atoms with Crippen molar-refractivity contribution in [3.05, 3.63) is 84.1 Å². The third-order valence-corrected chi connectivity index (χ3v) is 5.46. The SMILES string of the molecule is COC/C=C/C(=O)N[C@@H](C)c1nc(-c2ccc(C(=O)Nc3ccc(C)cn3)cc2)c2c(N)nccn12. The van der Waals surface area contributed by atoms with Crippen LogP contribution in [0.15, 0.2) is 67.1 Å².